The molecule has 0 radical (unpaired) electrons. The Hall–Kier alpha value is -0.890. The van der Waals surface area contributed by atoms with Gasteiger partial charge in [0.15, 0.2) is 0 Å². The SMILES string of the molecule is CC.Cc1ccc(C(C)(C)O)nc1. The van der Waals surface area contributed by atoms with Gasteiger partial charge in [0, 0.05) is 6.20 Å². The number of rotatable bonds is 1. The van der Waals surface area contributed by atoms with E-state index < -0.39 is 5.60 Å². The Bertz CT molecular complexity index is 233. The van der Waals surface area contributed by atoms with Crippen molar-refractivity contribution in [2.45, 2.75) is 40.2 Å². The molecule has 0 saturated carbocycles. The van der Waals surface area contributed by atoms with E-state index in [1.807, 2.05) is 32.9 Å². The van der Waals surface area contributed by atoms with Gasteiger partial charge in [-0.25, -0.2) is 0 Å². The second-order valence-electron chi connectivity index (χ2n) is 3.28. The van der Waals surface area contributed by atoms with E-state index in [4.69, 9.17) is 0 Å². The van der Waals surface area contributed by atoms with E-state index in [-0.39, 0.29) is 0 Å². The predicted molar refractivity (Wildman–Crippen MR) is 55.6 cm³/mol. The van der Waals surface area contributed by atoms with Crippen LogP contribution in [0, 0.1) is 6.92 Å². The van der Waals surface area contributed by atoms with Crippen molar-refractivity contribution in [2.75, 3.05) is 0 Å². The monoisotopic (exact) mass is 181 g/mol. The minimum atomic E-state index is -0.826. The number of hydrogen-bond acceptors (Lipinski definition) is 2. The van der Waals surface area contributed by atoms with E-state index in [1.165, 1.54) is 0 Å². The summed E-state index contributed by atoms with van der Waals surface area (Å²) in [5.74, 6) is 0. The third-order valence-corrected chi connectivity index (χ3v) is 1.54. The normalized spacial score (nSPS) is 10.3. The van der Waals surface area contributed by atoms with Crippen molar-refractivity contribution in [1.82, 2.24) is 4.98 Å². The van der Waals surface area contributed by atoms with Gasteiger partial charge in [-0.15, -0.1) is 0 Å². The highest BCUT2D eigenvalue weighted by atomic mass is 16.3. The Morgan fingerprint density at radius 2 is 1.77 bits per heavy atom. The zero-order chi connectivity index (χ0) is 10.5. The molecule has 0 spiro atoms. The fourth-order valence-corrected chi connectivity index (χ4v) is 0.830. The number of aromatic nitrogens is 1. The summed E-state index contributed by atoms with van der Waals surface area (Å²) in [7, 11) is 0. The lowest BCUT2D eigenvalue weighted by Crippen LogP contribution is -2.17. The second-order valence-corrected chi connectivity index (χ2v) is 3.28. The Morgan fingerprint density at radius 1 is 1.23 bits per heavy atom. The van der Waals surface area contributed by atoms with Crippen LogP contribution in [-0.2, 0) is 5.60 Å². The number of hydrogen-bond donors (Lipinski definition) is 1. The molecule has 13 heavy (non-hydrogen) atoms. The van der Waals surface area contributed by atoms with Crippen LogP contribution < -0.4 is 0 Å². The molecule has 0 aromatic carbocycles. The van der Waals surface area contributed by atoms with Crippen LogP contribution in [-0.4, -0.2) is 10.1 Å². The van der Waals surface area contributed by atoms with E-state index in [0.717, 1.165) is 5.56 Å². The van der Waals surface area contributed by atoms with Gasteiger partial charge < -0.3 is 5.11 Å². The molecule has 1 aromatic heterocycles. The molecule has 0 aliphatic rings. The zero-order valence-electron chi connectivity index (χ0n) is 9.13. The minimum Gasteiger partial charge on any atom is -0.384 e. The van der Waals surface area contributed by atoms with E-state index in [2.05, 4.69) is 4.98 Å². The first kappa shape index (κ1) is 12.1. The first-order chi connectivity index (χ1) is 6.00. The van der Waals surface area contributed by atoms with Crippen molar-refractivity contribution in [2.24, 2.45) is 0 Å². The van der Waals surface area contributed by atoms with Crippen LogP contribution in [0.1, 0.15) is 39.0 Å². The zero-order valence-corrected chi connectivity index (χ0v) is 9.13. The maximum atomic E-state index is 9.52. The lowest BCUT2D eigenvalue weighted by Gasteiger charge is -2.15. The molecule has 0 aliphatic carbocycles. The maximum absolute atomic E-state index is 9.52. The first-order valence-corrected chi connectivity index (χ1v) is 4.65. The van der Waals surface area contributed by atoms with E-state index in [0.29, 0.717) is 5.69 Å². The predicted octanol–water partition coefficient (Wildman–Crippen LogP) is 2.64. The van der Waals surface area contributed by atoms with Crippen LogP contribution in [0.15, 0.2) is 18.3 Å². The third kappa shape index (κ3) is 4.04. The van der Waals surface area contributed by atoms with Crippen LogP contribution in [0.3, 0.4) is 0 Å². The Labute approximate surface area is 80.6 Å². The molecule has 0 unspecified atom stereocenters. The molecule has 1 rings (SSSR count). The number of aryl methyl sites for hydroxylation is 1. The molecule has 1 heterocycles. The lowest BCUT2D eigenvalue weighted by atomic mass is 10.0. The van der Waals surface area contributed by atoms with Gasteiger partial charge >= 0.3 is 0 Å². The van der Waals surface area contributed by atoms with Gasteiger partial charge in [-0.1, -0.05) is 19.9 Å². The fourth-order valence-electron chi connectivity index (χ4n) is 0.830. The largest absolute Gasteiger partial charge is 0.384 e. The summed E-state index contributed by atoms with van der Waals surface area (Å²) in [6, 6.07) is 3.79. The second kappa shape index (κ2) is 4.97. The molecule has 0 fully saturated rings. The molecule has 0 amide bonds. The smallest absolute Gasteiger partial charge is 0.101 e. The van der Waals surface area contributed by atoms with Crippen molar-refractivity contribution >= 4 is 0 Å². The molecular weight excluding hydrogens is 162 g/mol. The summed E-state index contributed by atoms with van der Waals surface area (Å²) in [6.45, 7) is 9.43. The van der Waals surface area contributed by atoms with Crippen LogP contribution in [0.5, 0.6) is 0 Å². The number of nitrogens with zero attached hydrogens (tertiary/aromatic N) is 1. The minimum absolute atomic E-state index is 0.711. The highest BCUT2D eigenvalue weighted by molar-refractivity contribution is 5.16. The fraction of sp³-hybridized carbons (Fsp3) is 0.545. The average molecular weight is 181 g/mol. The van der Waals surface area contributed by atoms with Gasteiger partial charge in [-0.05, 0) is 32.4 Å². The molecule has 1 aromatic rings. The maximum Gasteiger partial charge on any atom is 0.101 e. The Morgan fingerprint density at radius 3 is 2.08 bits per heavy atom. The highest BCUT2D eigenvalue weighted by Crippen LogP contribution is 2.16. The molecule has 0 aliphatic heterocycles. The van der Waals surface area contributed by atoms with Crippen molar-refractivity contribution in [1.29, 1.82) is 0 Å². The molecular formula is C11H19NO. The Balaban J connectivity index is 0.000000671. The van der Waals surface area contributed by atoms with Crippen molar-refractivity contribution in [3.05, 3.63) is 29.6 Å². The van der Waals surface area contributed by atoms with E-state index in [1.54, 1.807) is 20.0 Å². The van der Waals surface area contributed by atoms with E-state index >= 15 is 0 Å². The van der Waals surface area contributed by atoms with Gasteiger partial charge in [0.2, 0.25) is 0 Å². The van der Waals surface area contributed by atoms with Gasteiger partial charge in [0.25, 0.3) is 0 Å². The van der Waals surface area contributed by atoms with Crippen molar-refractivity contribution in [3.8, 4) is 0 Å². The standard InChI is InChI=1S/C9H13NO.C2H6/c1-7-4-5-8(10-6-7)9(2,3)11;1-2/h4-6,11H,1-3H3;1-2H3. The quantitative estimate of drug-likeness (QED) is 0.722. The summed E-state index contributed by atoms with van der Waals surface area (Å²) in [6.07, 6.45) is 1.76. The average Bonchev–Trinajstić information content (AvgIpc) is 2.07. The van der Waals surface area contributed by atoms with Crippen LogP contribution >= 0.6 is 0 Å². The number of aliphatic hydroxyl groups is 1. The van der Waals surface area contributed by atoms with Gasteiger partial charge in [-0.2, -0.15) is 0 Å². The molecule has 1 N–H and O–H groups in total. The third-order valence-electron chi connectivity index (χ3n) is 1.54. The molecule has 0 atom stereocenters. The summed E-state index contributed by atoms with van der Waals surface area (Å²) in [5, 5.41) is 9.52. The Kier molecular flexibility index (Phi) is 4.63. The molecule has 0 saturated heterocycles. The first-order valence-electron chi connectivity index (χ1n) is 4.65. The molecule has 74 valence electrons. The summed E-state index contributed by atoms with van der Waals surface area (Å²) in [5.41, 5.74) is 0.995. The van der Waals surface area contributed by atoms with Crippen molar-refractivity contribution < 1.29 is 5.11 Å². The summed E-state index contributed by atoms with van der Waals surface area (Å²) < 4.78 is 0. The molecule has 2 nitrogen and oxygen atoms in total. The molecule has 2 heteroatoms. The van der Waals surface area contributed by atoms with Crippen molar-refractivity contribution in [3.63, 3.8) is 0 Å². The van der Waals surface area contributed by atoms with Crippen LogP contribution in [0.25, 0.3) is 0 Å². The highest BCUT2D eigenvalue weighted by Gasteiger charge is 2.16. The summed E-state index contributed by atoms with van der Waals surface area (Å²) >= 11 is 0. The van der Waals surface area contributed by atoms with E-state index in [9.17, 15) is 5.11 Å². The van der Waals surface area contributed by atoms with Gasteiger partial charge in [0.05, 0.1) is 5.69 Å². The lowest BCUT2D eigenvalue weighted by molar-refractivity contribution is 0.0738. The van der Waals surface area contributed by atoms with Gasteiger partial charge in [0.1, 0.15) is 5.60 Å². The topological polar surface area (TPSA) is 33.1 Å². The van der Waals surface area contributed by atoms with Crippen LogP contribution in [0.4, 0.5) is 0 Å². The van der Waals surface area contributed by atoms with Gasteiger partial charge in [-0.3, -0.25) is 4.98 Å². The number of pyridine rings is 1. The summed E-state index contributed by atoms with van der Waals surface area (Å²) in [4.78, 5) is 4.10. The van der Waals surface area contributed by atoms with Crippen LogP contribution in [0.2, 0.25) is 0 Å². The molecule has 0 bridgehead atoms.